The van der Waals surface area contributed by atoms with Crippen molar-refractivity contribution in [3.05, 3.63) is 66.4 Å². The predicted octanol–water partition coefficient (Wildman–Crippen LogP) is 2.82. The SMILES string of the molecule is CS(=O)(=O)c1c([C@@H]2C[C@H]3CC[C@@H](C2)N3C(=O)c2nnc(O)[nH]2)nc2c(-c3ccc(-c4ccccc4)nc3)cnn2c1N. The zero-order valence-corrected chi connectivity index (χ0v) is 23.4. The summed E-state index contributed by atoms with van der Waals surface area (Å²) in [4.78, 5) is 27.0. The van der Waals surface area contributed by atoms with E-state index in [1.807, 2.05) is 42.5 Å². The van der Waals surface area contributed by atoms with Gasteiger partial charge in [-0.05, 0) is 31.7 Å². The van der Waals surface area contributed by atoms with Gasteiger partial charge in [0.15, 0.2) is 15.5 Å². The number of rotatable bonds is 5. The fraction of sp³-hybridized carbons (Fsp3) is 0.286. The summed E-state index contributed by atoms with van der Waals surface area (Å²) in [6.45, 7) is 0. The molecule has 4 N–H and O–H groups in total. The van der Waals surface area contributed by atoms with Crippen molar-refractivity contribution in [3.63, 3.8) is 0 Å². The summed E-state index contributed by atoms with van der Waals surface area (Å²) in [5.41, 5.74) is 10.6. The van der Waals surface area contributed by atoms with Crippen molar-refractivity contribution in [1.82, 2.24) is 39.7 Å². The number of carbonyl (C=O) groups excluding carboxylic acids is 1. The highest BCUT2D eigenvalue weighted by atomic mass is 32.2. The van der Waals surface area contributed by atoms with Crippen LogP contribution in [0.25, 0.3) is 28.0 Å². The Balaban J connectivity index is 1.27. The summed E-state index contributed by atoms with van der Waals surface area (Å²) in [7, 11) is -3.77. The molecule has 2 aliphatic heterocycles. The summed E-state index contributed by atoms with van der Waals surface area (Å²) in [6.07, 6.45) is 7.01. The van der Waals surface area contributed by atoms with E-state index in [1.54, 1.807) is 17.3 Å². The number of benzene rings is 1. The molecule has 2 fully saturated rings. The Morgan fingerprint density at radius 3 is 2.38 bits per heavy atom. The van der Waals surface area contributed by atoms with Gasteiger partial charge in [0.05, 0.1) is 17.6 Å². The number of nitrogens with two attached hydrogens (primary N) is 1. The minimum absolute atomic E-state index is 0.000558. The molecule has 3 atom stereocenters. The van der Waals surface area contributed by atoms with Gasteiger partial charge in [0.25, 0.3) is 5.91 Å². The third-order valence-electron chi connectivity index (χ3n) is 8.21. The Bertz CT molecular complexity index is 1920. The summed E-state index contributed by atoms with van der Waals surface area (Å²) < 4.78 is 27.5. The van der Waals surface area contributed by atoms with Gasteiger partial charge in [0, 0.05) is 47.1 Å². The van der Waals surface area contributed by atoms with Crippen LogP contribution in [0.3, 0.4) is 0 Å². The largest absolute Gasteiger partial charge is 0.479 e. The van der Waals surface area contributed by atoms with Gasteiger partial charge < -0.3 is 15.7 Å². The van der Waals surface area contributed by atoms with Gasteiger partial charge in [-0.25, -0.2) is 13.4 Å². The van der Waals surface area contributed by atoms with E-state index in [4.69, 9.17) is 10.7 Å². The van der Waals surface area contributed by atoms with Gasteiger partial charge in [-0.1, -0.05) is 41.5 Å². The number of amides is 1. The molecule has 13 nitrogen and oxygen atoms in total. The van der Waals surface area contributed by atoms with Crippen molar-refractivity contribution in [2.45, 2.75) is 48.6 Å². The standard InChI is InChI=1S/C28H27N9O4S/c1-42(40,41)23-22(17-11-18-8-9-19(12-17)36(18)27(38)25-33-28(39)35-34-25)32-26-20(14-31-37(26)24(23)29)16-7-10-21(30-13-16)15-5-3-2-4-6-15/h2-7,10,13-14,17-19H,8-9,11-12,29H2,1H3,(H2,33,34,35,39)/t17-,18-,19+. The van der Waals surface area contributed by atoms with Crippen molar-refractivity contribution in [2.24, 2.45) is 0 Å². The molecule has 0 aliphatic carbocycles. The molecule has 5 aromatic rings. The highest BCUT2D eigenvalue weighted by molar-refractivity contribution is 7.91. The lowest BCUT2D eigenvalue weighted by Gasteiger charge is -2.38. The summed E-state index contributed by atoms with van der Waals surface area (Å²) in [6, 6.07) is 12.9. The lowest BCUT2D eigenvalue weighted by molar-refractivity contribution is 0.0555. The molecule has 6 heterocycles. The van der Waals surface area contributed by atoms with Crippen molar-refractivity contribution in [3.8, 4) is 28.4 Å². The topological polar surface area (TPSA) is 185 Å². The predicted molar refractivity (Wildman–Crippen MR) is 152 cm³/mol. The summed E-state index contributed by atoms with van der Waals surface area (Å²) in [5.74, 6) is -0.627. The van der Waals surface area contributed by atoms with Crippen LogP contribution in [-0.2, 0) is 9.84 Å². The minimum Gasteiger partial charge on any atom is -0.479 e. The second kappa shape index (κ2) is 9.62. The van der Waals surface area contributed by atoms with E-state index < -0.39 is 15.8 Å². The number of aromatic amines is 1. The number of aromatic nitrogens is 7. The minimum atomic E-state index is -3.77. The first-order valence-electron chi connectivity index (χ1n) is 13.5. The first-order valence-corrected chi connectivity index (χ1v) is 15.4. The quantitative estimate of drug-likeness (QED) is 0.277. The smallest absolute Gasteiger partial charge is 0.312 e. The summed E-state index contributed by atoms with van der Waals surface area (Å²) in [5, 5.41) is 21.2. The van der Waals surface area contributed by atoms with E-state index in [0.717, 1.165) is 35.9 Å². The molecule has 1 aromatic carbocycles. The number of anilines is 1. The number of sulfone groups is 1. The van der Waals surface area contributed by atoms with Gasteiger partial charge in [0.1, 0.15) is 10.7 Å². The third kappa shape index (κ3) is 4.26. The summed E-state index contributed by atoms with van der Waals surface area (Å²) >= 11 is 0. The number of nitrogens with one attached hydrogen (secondary N) is 1. The Morgan fingerprint density at radius 2 is 1.76 bits per heavy atom. The molecule has 4 aromatic heterocycles. The molecule has 2 bridgehead atoms. The maximum Gasteiger partial charge on any atom is 0.312 e. The van der Waals surface area contributed by atoms with Crippen molar-refractivity contribution in [1.29, 1.82) is 0 Å². The molecule has 0 saturated carbocycles. The van der Waals surface area contributed by atoms with Crippen LogP contribution >= 0.6 is 0 Å². The molecular formula is C28H27N9O4S. The van der Waals surface area contributed by atoms with Crippen LogP contribution in [0.2, 0.25) is 0 Å². The maximum atomic E-state index is 13.2. The molecule has 7 rings (SSSR count). The van der Waals surface area contributed by atoms with Gasteiger partial charge in [0.2, 0.25) is 5.82 Å². The van der Waals surface area contributed by atoms with Crippen LogP contribution < -0.4 is 5.73 Å². The van der Waals surface area contributed by atoms with Crippen LogP contribution in [0.5, 0.6) is 6.01 Å². The fourth-order valence-corrected chi connectivity index (χ4v) is 7.47. The molecule has 214 valence electrons. The Morgan fingerprint density at radius 1 is 1.02 bits per heavy atom. The van der Waals surface area contributed by atoms with Crippen molar-refractivity contribution in [2.75, 3.05) is 12.0 Å². The lowest BCUT2D eigenvalue weighted by atomic mass is 9.87. The van der Waals surface area contributed by atoms with Crippen molar-refractivity contribution < 1.29 is 18.3 Å². The molecule has 0 unspecified atom stereocenters. The number of aromatic hydroxyl groups is 1. The van der Waals surface area contributed by atoms with E-state index in [-0.39, 0.29) is 40.4 Å². The van der Waals surface area contributed by atoms with E-state index in [2.05, 4.69) is 25.3 Å². The first-order chi connectivity index (χ1) is 20.2. The average molecular weight is 586 g/mol. The monoisotopic (exact) mass is 585 g/mol. The molecule has 2 saturated heterocycles. The molecule has 0 spiro atoms. The second-order valence-electron chi connectivity index (χ2n) is 10.8. The molecule has 14 heteroatoms. The maximum absolute atomic E-state index is 13.2. The van der Waals surface area contributed by atoms with Crippen LogP contribution in [0.4, 0.5) is 5.82 Å². The number of carbonyl (C=O) groups is 1. The normalized spacial score (nSPS) is 20.3. The Kier molecular flexibility index (Phi) is 5.97. The first kappa shape index (κ1) is 26.1. The molecule has 1 amide bonds. The van der Waals surface area contributed by atoms with E-state index >= 15 is 0 Å². The van der Waals surface area contributed by atoms with Gasteiger partial charge in [-0.2, -0.15) is 9.61 Å². The zero-order chi connectivity index (χ0) is 29.2. The fourth-order valence-electron chi connectivity index (χ4n) is 6.41. The number of piperidine rings is 1. The number of fused-ring (bicyclic) bond motifs is 3. The van der Waals surface area contributed by atoms with Crippen LogP contribution in [0, 0.1) is 0 Å². The molecular weight excluding hydrogens is 558 g/mol. The highest BCUT2D eigenvalue weighted by Crippen LogP contribution is 2.45. The van der Waals surface area contributed by atoms with E-state index in [0.29, 0.717) is 29.7 Å². The second-order valence-corrected chi connectivity index (χ2v) is 12.8. The lowest BCUT2D eigenvalue weighted by Crippen LogP contribution is -2.46. The van der Waals surface area contributed by atoms with Crippen molar-refractivity contribution >= 4 is 27.2 Å². The number of nitrogen functional groups attached to an aromatic ring is 1. The zero-order valence-electron chi connectivity index (χ0n) is 22.5. The van der Waals surface area contributed by atoms with Gasteiger partial charge >= 0.3 is 6.01 Å². The number of hydrogen-bond acceptors (Lipinski definition) is 10. The molecule has 2 aliphatic rings. The van der Waals surface area contributed by atoms with E-state index in [9.17, 15) is 18.3 Å². The Hall–Kier alpha value is -4.85. The number of nitrogens with zero attached hydrogens (tertiary/aromatic N) is 7. The molecule has 42 heavy (non-hydrogen) atoms. The van der Waals surface area contributed by atoms with Crippen LogP contribution in [0.1, 0.15) is 47.9 Å². The van der Waals surface area contributed by atoms with Gasteiger partial charge in [-0.15, -0.1) is 5.10 Å². The third-order valence-corrected chi connectivity index (χ3v) is 9.37. The number of pyridine rings is 1. The number of H-pyrrole nitrogens is 1. The van der Waals surface area contributed by atoms with Gasteiger partial charge in [-0.3, -0.25) is 14.8 Å². The number of hydrogen-bond donors (Lipinski definition) is 3. The van der Waals surface area contributed by atoms with Crippen LogP contribution in [-0.4, -0.2) is 77.4 Å². The molecule has 0 radical (unpaired) electrons. The van der Waals surface area contributed by atoms with E-state index in [1.165, 1.54) is 4.52 Å². The Labute approximate surface area is 240 Å². The van der Waals surface area contributed by atoms with Crippen LogP contribution in [0.15, 0.2) is 59.8 Å². The average Bonchev–Trinajstić information content (AvgIpc) is 3.68. The highest BCUT2D eigenvalue weighted by Gasteiger charge is 2.46.